The molecule has 1 amide bonds. The first-order valence-corrected chi connectivity index (χ1v) is 6.37. The fourth-order valence-electron chi connectivity index (χ4n) is 2.42. The van der Waals surface area contributed by atoms with Crippen molar-refractivity contribution in [2.45, 2.75) is 12.5 Å². The fraction of sp³-hybridized carbons (Fsp3) is 0.308. The number of carbonyl (C=O) groups excluding carboxylic acids is 1. The first kappa shape index (κ1) is 12.2. The number of nitrogens with zero attached hydrogens (tertiary/aromatic N) is 3. The van der Waals surface area contributed by atoms with Gasteiger partial charge >= 0.3 is 0 Å². The first-order valence-electron chi connectivity index (χ1n) is 6.00. The molecule has 98 valence electrons. The molecular weight excluding hydrogens is 266 g/mol. The summed E-state index contributed by atoms with van der Waals surface area (Å²) in [5.41, 5.74) is 0.289. The van der Waals surface area contributed by atoms with E-state index in [9.17, 15) is 9.59 Å². The van der Waals surface area contributed by atoms with Crippen LogP contribution in [0.15, 0.2) is 29.3 Å². The van der Waals surface area contributed by atoms with Gasteiger partial charge < -0.3 is 4.90 Å². The van der Waals surface area contributed by atoms with Crippen molar-refractivity contribution in [3.8, 4) is 0 Å². The number of likely N-dealkylation sites (tertiary alicyclic amines) is 1. The molecule has 0 aliphatic carbocycles. The smallest absolute Gasteiger partial charge is 0.263 e. The van der Waals surface area contributed by atoms with E-state index in [1.165, 1.54) is 10.9 Å². The number of likely N-dealkylation sites (N-methyl/N-ethyl adjacent to an activating group) is 1. The topological polar surface area (TPSA) is 55.2 Å². The molecule has 3 rings (SSSR count). The van der Waals surface area contributed by atoms with Gasteiger partial charge in [0.1, 0.15) is 6.04 Å². The highest BCUT2D eigenvalue weighted by Crippen LogP contribution is 2.23. The lowest BCUT2D eigenvalue weighted by atomic mass is 10.2. The maximum Gasteiger partial charge on any atom is 0.263 e. The number of benzene rings is 1. The highest BCUT2D eigenvalue weighted by Gasteiger charge is 2.31. The largest absolute Gasteiger partial charge is 0.344 e. The Morgan fingerprint density at radius 2 is 2.16 bits per heavy atom. The summed E-state index contributed by atoms with van der Waals surface area (Å²) in [6.45, 7) is 0.649. The Kier molecular flexibility index (Phi) is 2.78. The number of fused-ring (bicyclic) bond motifs is 1. The lowest BCUT2D eigenvalue weighted by molar-refractivity contribution is -0.129. The van der Waals surface area contributed by atoms with E-state index in [-0.39, 0.29) is 11.5 Å². The molecule has 1 aromatic carbocycles. The van der Waals surface area contributed by atoms with Gasteiger partial charge in [0.05, 0.1) is 22.3 Å². The van der Waals surface area contributed by atoms with Gasteiger partial charge in [0.2, 0.25) is 5.91 Å². The minimum absolute atomic E-state index is 0.0599. The molecule has 1 unspecified atom stereocenters. The number of hydrogen-bond acceptors (Lipinski definition) is 3. The normalized spacial score (nSPS) is 19.4. The number of aromatic nitrogens is 2. The maximum atomic E-state index is 12.5. The molecule has 6 heteroatoms. The van der Waals surface area contributed by atoms with Crippen LogP contribution in [0.3, 0.4) is 0 Å². The van der Waals surface area contributed by atoms with Crippen LogP contribution in [0.2, 0.25) is 5.02 Å². The minimum atomic E-state index is -0.467. The Hall–Kier alpha value is -1.88. The van der Waals surface area contributed by atoms with E-state index >= 15 is 0 Å². The zero-order valence-corrected chi connectivity index (χ0v) is 11.1. The van der Waals surface area contributed by atoms with Gasteiger partial charge in [0.25, 0.3) is 5.56 Å². The molecule has 0 N–H and O–H groups in total. The summed E-state index contributed by atoms with van der Waals surface area (Å²) in [7, 11) is 1.73. The molecular formula is C13H12ClN3O2. The zero-order valence-electron chi connectivity index (χ0n) is 10.3. The quantitative estimate of drug-likeness (QED) is 0.793. The van der Waals surface area contributed by atoms with E-state index in [0.717, 1.165) is 0 Å². The first-order chi connectivity index (χ1) is 9.09. The van der Waals surface area contributed by atoms with Gasteiger partial charge in [-0.25, -0.2) is 4.98 Å². The number of amides is 1. The van der Waals surface area contributed by atoms with E-state index in [2.05, 4.69) is 4.98 Å². The summed E-state index contributed by atoms with van der Waals surface area (Å²) in [5, 5.41) is 0.733. The third-order valence-electron chi connectivity index (χ3n) is 3.50. The van der Waals surface area contributed by atoms with Crippen molar-refractivity contribution in [1.82, 2.24) is 14.5 Å². The van der Waals surface area contributed by atoms with E-state index in [4.69, 9.17) is 11.6 Å². The Morgan fingerprint density at radius 1 is 1.37 bits per heavy atom. The number of carbonyl (C=O) groups is 1. The molecule has 0 radical (unpaired) electrons. The molecule has 1 aromatic heterocycles. The zero-order chi connectivity index (χ0) is 13.6. The molecule has 1 atom stereocenters. The monoisotopic (exact) mass is 277 g/mol. The molecule has 1 aliphatic rings. The summed E-state index contributed by atoms with van der Waals surface area (Å²) in [6.07, 6.45) is 2.05. The van der Waals surface area contributed by atoms with Gasteiger partial charge in [-0.1, -0.05) is 17.7 Å². The van der Waals surface area contributed by atoms with E-state index in [1.54, 1.807) is 30.1 Å². The lowest BCUT2D eigenvalue weighted by Crippen LogP contribution is -2.31. The second-order valence-electron chi connectivity index (χ2n) is 4.66. The van der Waals surface area contributed by atoms with Crippen molar-refractivity contribution in [2.24, 2.45) is 0 Å². The Bertz CT molecular complexity index is 725. The van der Waals surface area contributed by atoms with Gasteiger partial charge in [-0.3, -0.25) is 14.2 Å². The van der Waals surface area contributed by atoms with Crippen LogP contribution < -0.4 is 5.56 Å². The van der Waals surface area contributed by atoms with Crippen LogP contribution in [-0.4, -0.2) is 34.0 Å². The van der Waals surface area contributed by atoms with Crippen LogP contribution in [0.1, 0.15) is 12.5 Å². The maximum absolute atomic E-state index is 12.5. The molecule has 0 saturated carbocycles. The molecule has 0 bridgehead atoms. The van der Waals surface area contributed by atoms with Crippen molar-refractivity contribution in [1.29, 1.82) is 0 Å². The number of hydrogen-bond donors (Lipinski definition) is 0. The molecule has 0 spiro atoms. The van der Waals surface area contributed by atoms with E-state index in [0.29, 0.717) is 28.9 Å². The van der Waals surface area contributed by atoms with Crippen LogP contribution in [0, 0.1) is 0 Å². The van der Waals surface area contributed by atoms with Gasteiger partial charge in [0.15, 0.2) is 0 Å². The van der Waals surface area contributed by atoms with Crippen LogP contribution in [0.4, 0.5) is 0 Å². The average Bonchev–Trinajstić information content (AvgIpc) is 2.71. The second kappa shape index (κ2) is 4.35. The molecule has 2 aromatic rings. The highest BCUT2D eigenvalue weighted by molar-refractivity contribution is 6.35. The van der Waals surface area contributed by atoms with Crippen molar-refractivity contribution >= 4 is 28.4 Å². The number of halogens is 1. The SMILES string of the molecule is CN1CCC(n2cnc3cccc(Cl)c3c2=O)C1=O. The molecule has 19 heavy (non-hydrogen) atoms. The predicted octanol–water partition coefficient (Wildman–Crippen LogP) is 1.45. The Morgan fingerprint density at radius 3 is 2.84 bits per heavy atom. The van der Waals surface area contributed by atoms with Crippen LogP contribution in [0.5, 0.6) is 0 Å². The second-order valence-corrected chi connectivity index (χ2v) is 5.06. The van der Waals surface area contributed by atoms with Crippen LogP contribution >= 0.6 is 11.6 Å². The van der Waals surface area contributed by atoms with Gasteiger partial charge in [-0.15, -0.1) is 0 Å². The molecule has 2 heterocycles. The number of rotatable bonds is 1. The third kappa shape index (κ3) is 1.81. The summed E-state index contributed by atoms with van der Waals surface area (Å²) in [5.74, 6) is -0.0599. The Labute approximate surface area is 114 Å². The van der Waals surface area contributed by atoms with Gasteiger partial charge in [-0.05, 0) is 18.6 Å². The van der Waals surface area contributed by atoms with Crippen LogP contribution in [-0.2, 0) is 4.79 Å². The van der Waals surface area contributed by atoms with Crippen molar-refractivity contribution < 1.29 is 4.79 Å². The van der Waals surface area contributed by atoms with Crippen molar-refractivity contribution in [3.63, 3.8) is 0 Å². The van der Waals surface area contributed by atoms with E-state index < -0.39 is 6.04 Å². The van der Waals surface area contributed by atoms with Crippen molar-refractivity contribution in [2.75, 3.05) is 13.6 Å². The molecule has 5 nitrogen and oxygen atoms in total. The molecule has 1 aliphatic heterocycles. The third-order valence-corrected chi connectivity index (χ3v) is 3.81. The minimum Gasteiger partial charge on any atom is -0.344 e. The van der Waals surface area contributed by atoms with Crippen LogP contribution in [0.25, 0.3) is 10.9 Å². The molecule has 1 fully saturated rings. The average molecular weight is 278 g/mol. The van der Waals surface area contributed by atoms with E-state index in [1.807, 2.05) is 0 Å². The van der Waals surface area contributed by atoms with Gasteiger partial charge in [-0.2, -0.15) is 0 Å². The standard InChI is InChI=1S/C13H12ClN3O2/c1-16-6-5-10(12(16)18)17-7-15-9-4-2-3-8(14)11(9)13(17)19/h2-4,7,10H,5-6H2,1H3. The summed E-state index contributed by atoms with van der Waals surface area (Å²) < 4.78 is 1.39. The van der Waals surface area contributed by atoms with Gasteiger partial charge in [0, 0.05) is 13.6 Å². The summed E-state index contributed by atoms with van der Waals surface area (Å²) in [4.78, 5) is 30.3. The predicted molar refractivity (Wildman–Crippen MR) is 72.3 cm³/mol. The molecule has 1 saturated heterocycles. The fourth-order valence-corrected chi connectivity index (χ4v) is 2.67. The summed E-state index contributed by atoms with van der Waals surface area (Å²) in [6, 6.07) is 4.66. The summed E-state index contributed by atoms with van der Waals surface area (Å²) >= 11 is 6.06. The Balaban J connectivity index is 2.22. The van der Waals surface area contributed by atoms with Crippen molar-refractivity contribution in [3.05, 3.63) is 39.9 Å². The lowest BCUT2D eigenvalue weighted by Gasteiger charge is -2.13. The highest BCUT2D eigenvalue weighted by atomic mass is 35.5.